The van der Waals surface area contributed by atoms with Crippen LogP contribution in [0, 0.1) is 0 Å². The molecular weight excluding hydrogens is 186 g/mol. The summed E-state index contributed by atoms with van der Waals surface area (Å²) in [6, 6.07) is -0.604. The van der Waals surface area contributed by atoms with E-state index in [-0.39, 0.29) is 6.61 Å². The number of amides is 1. The summed E-state index contributed by atoms with van der Waals surface area (Å²) in [4.78, 5) is 23.7. The van der Waals surface area contributed by atoms with Crippen molar-refractivity contribution in [3.63, 3.8) is 0 Å². The van der Waals surface area contributed by atoms with Crippen molar-refractivity contribution in [1.82, 2.24) is 4.90 Å². The predicted molar refractivity (Wildman–Crippen MR) is 48.7 cm³/mol. The van der Waals surface area contributed by atoms with E-state index >= 15 is 0 Å². The second-order valence-corrected chi connectivity index (χ2v) is 2.89. The van der Waals surface area contributed by atoms with Crippen molar-refractivity contribution in [3.05, 3.63) is 12.7 Å². The zero-order chi connectivity index (χ0) is 10.6. The Bertz CT molecular complexity index is 251. The zero-order valence-corrected chi connectivity index (χ0v) is 8.06. The average molecular weight is 199 g/mol. The number of ether oxygens (including phenoxy) is 2. The average Bonchev–Trinajstić information content (AvgIpc) is 2.56. The van der Waals surface area contributed by atoms with Gasteiger partial charge in [0, 0.05) is 6.54 Å². The van der Waals surface area contributed by atoms with E-state index < -0.39 is 18.1 Å². The van der Waals surface area contributed by atoms with Crippen LogP contribution < -0.4 is 0 Å². The number of cyclic esters (lactones) is 1. The van der Waals surface area contributed by atoms with Gasteiger partial charge in [0.1, 0.15) is 6.61 Å². The SMILES string of the molecule is C=CCCN1C(=O)OC[C@H]1C(=O)OC. The maximum atomic E-state index is 11.2. The fraction of sp³-hybridized carbons (Fsp3) is 0.556. The van der Waals surface area contributed by atoms with Crippen LogP contribution in [0.15, 0.2) is 12.7 Å². The third-order valence-corrected chi connectivity index (χ3v) is 2.02. The largest absolute Gasteiger partial charge is 0.467 e. The molecule has 1 fully saturated rings. The van der Waals surface area contributed by atoms with Gasteiger partial charge in [0.05, 0.1) is 7.11 Å². The summed E-state index contributed by atoms with van der Waals surface area (Å²) in [5.41, 5.74) is 0. The van der Waals surface area contributed by atoms with Crippen LogP contribution in [0.5, 0.6) is 0 Å². The van der Waals surface area contributed by atoms with Gasteiger partial charge in [-0.15, -0.1) is 6.58 Å². The molecule has 1 amide bonds. The van der Waals surface area contributed by atoms with Crippen molar-refractivity contribution in [2.75, 3.05) is 20.3 Å². The summed E-state index contributed by atoms with van der Waals surface area (Å²) in [5, 5.41) is 0. The molecule has 1 rings (SSSR count). The van der Waals surface area contributed by atoms with Crippen LogP contribution in [-0.2, 0) is 14.3 Å². The molecule has 0 saturated carbocycles. The van der Waals surface area contributed by atoms with Gasteiger partial charge in [0.25, 0.3) is 0 Å². The lowest BCUT2D eigenvalue weighted by atomic mass is 10.2. The number of esters is 1. The van der Waals surface area contributed by atoms with Crippen LogP contribution in [0.1, 0.15) is 6.42 Å². The Balaban J connectivity index is 2.61. The number of carbonyl (C=O) groups excluding carboxylic acids is 2. The lowest BCUT2D eigenvalue weighted by Gasteiger charge is -2.17. The molecular formula is C9H13NO4. The molecule has 1 aliphatic rings. The van der Waals surface area contributed by atoms with E-state index in [1.165, 1.54) is 12.0 Å². The molecule has 1 atom stereocenters. The highest BCUT2D eigenvalue weighted by Gasteiger charge is 2.38. The molecule has 0 spiro atoms. The van der Waals surface area contributed by atoms with Crippen LogP contribution in [0.25, 0.3) is 0 Å². The maximum absolute atomic E-state index is 11.2. The van der Waals surface area contributed by atoms with Gasteiger partial charge >= 0.3 is 12.1 Å². The van der Waals surface area contributed by atoms with Crippen LogP contribution in [-0.4, -0.2) is 43.3 Å². The third-order valence-electron chi connectivity index (χ3n) is 2.02. The van der Waals surface area contributed by atoms with Crippen molar-refractivity contribution in [1.29, 1.82) is 0 Å². The fourth-order valence-electron chi connectivity index (χ4n) is 1.26. The van der Waals surface area contributed by atoms with Crippen LogP contribution in [0.4, 0.5) is 4.79 Å². The van der Waals surface area contributed by atoms with Gasteiger partial charge in [-0.05, 0) is 6.42 Å². The third kappa shape index (κ3) is 2.04. The first-order valence-corrected chi connectivity index (χ1v) is 4.32. The molecule has 0 aromatic rings. The molecule has 0 N–H and O–H groups in total. The minimum Gasteiger partial charge on any atom is -0.467 e. The molecule has 0 unspecified atom stereocenters. The number of rotatable bonds is 4. The van der Waals surface area contributed by atoms with E-state index in [1.54, 1.807) is 6.08 Å². The second-order valence-electron chi connectivity index (χ2n) is 2.89. The summed E-state index contributed by atoms with van der Waals surface area (Å²) >= 11 is 0. The first kappa shape index (κ1) is 10.6. The molecule has 5 heteroatoms. The van der Waals surface area contributed by atoms with Crippen LogP contribution in [0.2, 0.25) is 0 Å². The second kappa shape index (κ2) is 4.64. The van der Waals surface area contributed by atoms with Crippen LogP contribution >= 0.6 is 0 Å². The first-order valence-electron chi connectivity index (χ1n) is 4.32. The maximum Gasteiger partial charge on any atom is 0.410 e. The van der Waals surface area contributed by atoms with E-state index in [0.29, 0.717) is 13.0 Å². The van der Waals surface area contributed by atoms with E-state index in [9.17, 15) is 9.59 Å². The summed E-state index contributed by atoms with van der Waals surface area (Å²) in [5.74, 6) is -0.445. The molecule has 14 heavy (non-hydrogen) atoms. The summed E-state index contributed by atoms with van der Waals surface area (Å²) < 4.78 is 9.30. The molecule has 78 valence electrons. The Morgan fingerprint density at radius 1 is 1.86 bits per heavy atom. The molecule has 1 aliphatic heterocycles. The Hall–Kier alpha value is -1.52. The van der Waals surface area contributed by atoms with Gasteiger partial charge in [-0.25, -0.2) is 9.59 Å². The van der Waals surface area contributed by atoms with Gasteiger partial charge in [0.2, 0.25) is 0 Å². The van der Waals surface area contributed by atoms with E-state index in [2.05, 4.69) is 11.3 Å². The van der Waals surface area contributed by atoms with Crippen molar-refractivity contribution >= 4 is 12.1 Å². The van der Waals surface area contributed by atoms with Gasteiger partial charge < -0.3 is 9.47 Å². The Labute approximate surface area is 82.3 Å². The minimum absolute atomic E-state index is 0.0721. The molecule has 0 radical (unpaired) electrons. The van der Waals surface area contributed by atoms with E-state index in [4.69, 9.17) is 4.74 Å². The Morgan fingerprint density at radius 2 is 2.57 bits per heavy atom. The molecule has 1 heterocycles. The lowest BCUT2D eigenvalue weighted by Crippen LogP contribution is -2.40. The summed E-state index contributed by atoms with van der Waals surface area (Å²) in [6.07, 6.45) is 1.84. The Kier molecular flexibility index (Phi) is 3.50. The Morgan fingerprint density at radius 3 is 3.14 bits per heavy atom. The molecule has 0 aliphatic carbocycles. The highest BCUT2D eigenvalue weighted by atomic mass is 16.6. The fourth-order valence-corrected chi connectivity index (χ4v) is 1.26. The van der Waals surface area contributed by atoms with Gasteiger partial charge in [-0.1, -0.05) is 6.08 Å². The number of hydrogen-bond donors (Lipinski definition) is 0. The minimum atomic E-state index is -0.604. The van der Waals surface area contributed by atoms with Crippen LogP contribution in [0.3, 0.4) is 0 Å². The predicted octanol–water partition coefficient (Wildman–Crippen LogP) is 0.556. The van der Waals surface area contributed by atoms with Gasteiger partial charge in [-0.2, -0.15) is 0 Å². The normalized spacial score (nSPS) is 20.5. The van der Waals surface area contributed by atoms with E-state index in [0.717, 1.165) is 0 Å². The number of nitrogens with zero attached hydrogens (tertiary/aromatic N) is 1. The molecule has 1 saturated heterocycles. The van der Waals surface area contributed by atoms with E-state index in [1.807, 2.05) is 0 Å². The zero-order valence-electron chi connectivity index (χ0n) is 8.06. The van der Waals surface area contributed by atoms with Crippen molar-refractivity contribution in [2.45, 2.75) is 12.5 Å². The number of hydrogen-bond acceptors (Lipinski definition) is 4. The number of methoxy groups -OCH3 is 1. The first-order chi connectivity index (χ1) is 6.70. The standard InChI is InChI=1S/C9H13NO4/c1-3-4-5-10-7(8(11)13-2)6-14-9(10)12/h3,7H,1,4-6H2,2H3/t7-/m0/s1. The van der Waals surface area contributed by atoms with Crippen molar-refractivity contribution < 1.29 is 19.1 Å². The number of carbonyl (C=O) groups is 2. The quantitative estimate of drug-likeness (QED) is 0.490. The molecule has 5 nitrogen and oxygen atoms in total. The monoisotopic (exact) mass is 199 g/mol. The van der Waals surface area contributed by atoms with Crippen molar-refractivity contribution in [2.24, 2.45) is 0 Å². The highest BCUT2D eigenvalue weighted by molar-refractivity contribution is 5.84. The summed E-state index contributed by atoms with van der Waals surface area (Å²) in [6.45, 7) is 4.05. The molecule has 0 bridgehead atoms. The topological polar surface area (TPSA) is 55.8 Å². The highest BCUT2D eigenvalue weighted by Crippen LogP contribution is 2.13. The lowest BCUT2D eigenvalue weighted by molar-refractivity contribution is -0.145. The summed E-state index contributed by atoms with van der Waals surface area (Å²) in [7, 11) is 1.29. The smallest absolute Gasteiger partial charge is 0.410 e. The van der Waals surface area contributed by atoms with Gasteiger partial charge in [0.15, 0.2) is 6.04 Å². The van der Waals surface area contributed by atoms with Crippen molar-refractivity contribution in [3.8, 4) is 0 Å². The molecule has 0 aromatic carbocycles. The molecule has 0 aromatic heterocycles. The van der Waals surface area contributed by atoms with Gasteiger partial charge in [-0.3, -0.25) is 4.90 Å².